The van der Waals surface area contributed by atoms with Gasteiger partial charge in [0.05, 0.1) is 18.1 Å². The lowest BCUT2D eigenvalue weighted by atomic mass is 10.1. The number of aliphatic hydroxyl groups excluding tert-OH is 1. The van der Waals surface area contributed by atoms with E-state index in [1.54, 1.807) is 0 Å². The third kappa shape index (κ3) is 0.971. The van der Waals surface area contributed by atoms with E-state index in [0.717, 1.165) is 6.42 Å². The zero-order valence-corrected chi connectivity index (χ0v) is 5.34. The van der Waals surface area contributed by atoms with E-state index in [0.29, 0.717) is 6.54 Å². The number of hydrogen-bond acceptors (Lipinski definition) is 3. The van der Waals surface area contributed by atoms with Crippen molar-refractivity contribution in [2.75, 3.05) is 13.2 Å². The van der Waals surface area contributed by atoms with Gasteiger partial charge in [0.25, 0.3) is 0 Å². The van der Waals surface area contributed by atoms with Gasteiger partial charge in [-0.05, 0) is 6.42 Å². The zero-order valence-electron chi connectivity index (χ0n) is 5.34. The third-order valence-electron chi connectivity index (χ3n) is 1.62. The van der Waals surface area contributed by atoms with E-state index < -0.39 is 0 Å². The van der Waals surface area contributed by atoms with Crippen LogP contribution in [0.15, 0.2) is 5.28 Å². The van der Waals surface area contributed by atoms with Crippen molar-refractivity contribution in [3.63, 3.8) is 0 Å². The molecule has 1 fully saturated rings. The number of hydrazine groups is 1. The molecule has 1 rings (SSSR count). The molecular formula is C4H9N3O3. The quantitative estimate of drug-likeness (QED) is 0.308. The van der Waals surface area contributed by atoms with Gasteiger partial charge in [-0.3, -0.25) is 0 Å². The maximum atomic E-state index is 10.5. The van der Waals surface area contributed by atoms with Gasteiger partial charge in [-0.15, -0.1) is 5.01 Å². The van der Waals surface area contributed by atoms with Gasteiger partial charge in [-0.25, -0.2) is 0 Å². The van der Waals surface area contributed by atoms with Gasteiger partial charge in [-0.1, -0.05) is 0 Å². The summed E-state index contributed by atoms with van der Waals surface area (Å²) in [6, 6.07) is -0.173. The first-order valence-corrected chi connectivity index (χ1v) is 2.99. The van der Waals surface area contributed by atoms with Gasteiger partial charge in [0.15, 0.2) is 0 Å². The maximum Gasteiger partial charge on any atom is 0.230 e. The number of hydrogen-bond donors (Lipinski definition) is 2. The zero-order chi connectivity index (χ0) is 7.56. The fraction of sp³-hybridized carbons (Fsp3) is 1.00. The second-order valence-corrected chi connectivity index (χ2v) is 2.13. The Morgan fingerprint density at radius 3 is 2.80 bits per heavy atom. The predicted molar refractivity (Wildman–Crippen MR) is 30.0 cm³/mol. The van der Waals surface area contributed by atoms with Crippen molar-refractivity contribution in [1.29, 1.82) is 0 Å². The minimum absolute atomic E-state index is 0.0751. The molecule has 0 aliphatic carbocycles. The van der Waals surface area contributed by atoms with Crippen LogP contribution in [0.4, 0.5) is 0 Å². The van der Waals surface area contributed by atoms with E-state index in [-0.39, 0.29) is 17.6 Å². The summed E-state index contributed by atoms with van der Waals surface area (Å²) in [5.74, 6) is 0. The molecule has 1 atom stereocenters. The third-order valence-corrected chi connectivity index (χ3v) is 1.62. The molecule has 1 saturated heterocycles. The minimum Gasteiger partial charge on any atom is -0.569 e. The largest absolute Gasteiger partial charge is 0.569 e. The van der Waals surface area contributed by atoms with Crippen LogP contribution in [-0.4, -0.2) is 39.5 Å². The van der Waals surface area contributed by atoms with E-state index in [1.807, 2.05) is 0 Å². The Hall–Kier alpha value is -1.04. The fourth-order valence-electron chi connectivity index (χ4n) is 0.889. The van der Waals surface area contributed by atoms with Crippen LogP contribution in [0.3, 0.4) is 0 Å². The smallest absolute Gasteiger partial charge is 0.230 e. The van der Waals surface area contributed by atoms with E-state index >= 15 is 0 Å². The van der Waals surface area contributed by atoms with Crippen molar-refractivity contribution < 1.29 is 15.3 Å². The van der Waals surface area contributed by atoms with Crippen molar-refractivity contribution in [1.82, 2.24) is 5.01 Å². The van der Waals surface area contributed by atoms with Crippen molar-refractivity contribution in [3.05, 3.63) is 5.21 Å². The highest BCUT2D eigenvalue weighted by Crippen LogP contribution is 2.15. The van der Waals surface area contributed by atoms with Gasteiger partial charge in [0.1, 0.15) is 6.04 Å². The van der Waals surface area contributed by atoms with Gasteiger partial charge < -0.3 is 15.5 Å². The molecule has 0 bridgehead atoms. The standard InChI is InChI=1S/C4H9N3O3/c8-3-4-1-2-6(4)7(10)5-9/h4,8-9H,1-3H2/b7-5+/t4-/m0/s1. The van der Waals surface area contributed by atoms with E-state index in [4.69, 9.17) is 10.3 Å². The number of rotatable bonds is 2. The highest BCUT2D eigenvalue weighted by molar-refractivity contribution is 4.74. The molecule has 6 heteroatoms. The summed E-state index contributed by atoms with van der Waals surface area (Å²) in [6.45, 7) is 0.465. The maximum absolute atomic E-state index is 10.5. The highest BCUT2D eigenvalue weighted by Gasteiger charge is 2.34. The van der Waals surface area contributed by atoms with Gasteiger partial charge in [-0.2, -0.15) is 0 Å². The van der Waals surface area contributed by atoms with Gasteiger partial charge in [0, 0.05) is 0 Å². The Labute approximate surface area is 57.5 Å². The van der Waals surface area contributed by atoms with Crippen LogP contribution in [-0.2, 0) is 0 Å². The fourth-order valence-corrected chi connectivity index (χ4v) is 0.889. The summed E-state index contributed by atoms with van der Waals surface area (Å²) < 4.78 is 0. The van der Waals surface area contributed by atoms with Crippen LogP contribution in [0.2, 0.25) is 0 Å². The van der Waals surface area contributed by atoms with Crippen LogP contribution in [0, 0.1) is 5.21 Å². The lowest BCUT2D eigenvalue weighted by Crippen LogP contribution is -2.52. The average Bonchev–Trinajstić information content (AvgIpc) is 1.86. The molecule has 1 heterocycles. The van der Waals surface area contributed by atoms with Crippen molar-refractivity contribution in [2.45, 2.75) is 12.5 Å². The van der Waals surface area contributed by atoms with Gasteiger partial charge >= 0.3 is 0 Å². The summed E-state index contributed by atoms with van der Waals surface area (Å²) in [5.41, 5.74) is 0. The first kappa shape index (κ1) is 7.07. The SMILES string of the molecule is [O-]/[N+](=N/O)N1CC[C@H]1CO. The Balaban J connectivity index is 2.43. The average molecular weight is 147 g/mol. The Morgan fingerprint density at radius 2 is 2.50 bits per heavy atom. The molecule has 0 amide bonds. The van der Waals surface area contributed by atoms with E-state index in [1.165, 1.54) is 5.01 Å². The molecule has 0 aromatic heterocycles. The topological polar surface area (TPSA) is 82.1 Å². The monoisotopic (exact) mass is 147 g/mol. The summed E-state index contributed by atoms with van der Waals surface area (Å²) in [5, 5.41) is 30.7. The summed E-state index contributed by atoms with van der Waals surface area (Å²) in [4.78, 5) is 0.0877. The predicted octanol–water partition coefficient (Wildman–Crippen LogP) is -0.680. The molecule has 0 saturated carbocycles. The highest BCUT2D eigenvalue weighted by atomic mass is 16.6. The first-order chi connectivity index (χ1) is 4.79. The lowest BCUT2D eigenvalue weighted by Gasteiger charge is -2.33. The van der Waals surface area contributed by atoms with Crippen LogP contribution in [0.25, 0.3) is 0 Å². The van der Waals surface area contributed by atoms with Crippen molar-refractivity contribution in [2.24, 2.45) is 5.28 Å². The Kier molecular flexibility index (Phi) is 1.91. The second-order valence-electron chi connectivity index (χ2n) is 2.13. The van der Waals surface area contributed by atoms with Crippen LogP contribution in [0.1, 0.15) is 6.42 Å². The summed E-state index contributed by atoms with van der Waals surface area (Å²) in [7, 11) is 0. The number of aliphatic hydroxyl groups is 1. The molecule has 0 spiro atoms. The Bertz CT molecular complexity index is 147. The summed E-state index contributed by atoms with van der Waals surface area (Å²) in [6.07, 6.45) is 0.769. The molecular weight excluding hydrogens is 138 g/mol. The molecule has 1 aliphatic rings. The van der Waals surface area contributed by atoms with Gasteiger partial charge in [0.2, 0.25) is 5.28 Å². The number of nitrogens with zero attached hydrogens (tertiary/aromatic N) is 3. The molecule has 0 unspecified atom stereocenters. The normalized spacial score (nSPS) is 26.3. The Morgan fingerprint density at radius 1 is 1.80 bits per heavy atom. The molecule has 1 aliphatic heterocycles. The molecule has 6 nitrogen and oxygen atoms in total. The molecule has 0 aromatic carbocycles. The van der Waals surface area contributed by atoms with Crippen molar-refractivity contribution >= 4 is 0 Å². The van der Waals surface area contributed by atoms with Crippen LogP contribution >= 0.6 is 0 Å². The molecule has 2 N–H and O–H groups in total. The molecule has 10 heavy (non-hydrogen) atoms. The van der Waals surface area contributed by atoms with Crippen LogP contribution < -0.4 is 0 Å². The minimum atomic E-state index is -0.173. The molecule has 58 valence electrons. The molecule has 0 aromatic rings. The molecule has 0 radical (unpaired) electrons. The van der Waals surface area contributed by atoms with Crippen LogP contribution in [0.5, 0.6) is 0 Å². The first-order valence-electron chi connectivity index (χ1n) is 2.99. The van der Waals surface area contributed by atoms with Crippen molar-refractivity contribution in [3.8, 4) is 0 Å². The second kappa shape index (κ2) is 2.70. The lowest BCUT2D eigenvalue weighted by molar-refractivity contribution is -0.731. The van der Waals surface area contributed by atoms with E-state index in [2.05, 4.69) is 5.28 Å². The van der Waals surface area contributed by atoms with E-state index in [9.17, 15) is 5.21 Å². The summed E-state index contributed by atoms with van der Waals surface area (Å²) >= 11 is 0.